The number of hydrogen-bond donors (Lipinski definition) is 1. The van der Waals surface area contributed by atoms with Crippen molar-refractivity contribution in [2.24, 2.45) is 0 Å². The minimum atomic E-state index is 0.878. The monoisotopic (exact) mass is 194 g/mol. The van der Waals surface area contributed by atoms with Crippen LogP contribution < -0.4 is 5.32 Å². The fraction of sp³-hybridized carbons (Fsp3) is 0.600. The highest BCUT2D eigenvalue weighted by atomic mass is 15.1. The van der Waals surface area contributed by atoms with E-state index >= 15 is 0 Å². The molecule has 14 heavy (non-hydrogen) atoms. The molecular weight excluding hydrogens is 176 g/mol. The number of rotatable bonds is 6. The van der Waals surface area contributed by atoms with Crippen LogP contribution in [0.15, 0.2) is 18.5 Å². The smallest absolute Gasteiger partial charge is 0.0541 e. The molecule has 1 aromatic heterocycles. The molecule has 0 spiro atoms. The first-order valence-electron chi connectivity index (χ1n) is 4.90. The summed E-state index contributed by atoms with van der Waals surface area (Å²) < 4.78 is 0. The van der Waals surface area contributed by atoms with E-state index in [4.69, 9.17) is 0 Å². The minimum Gasteiger partial charge on any atom is -0.313 e. The van der Waals surface area contributed by atoms with Gasteiger partial charge in [0.1, 0.15) is 0 Å². The van der Waals surface area contributed by atoms with Gasteiger partial charge in [-0.25, -0.2) is 0 Å². The summed E-state index contributed by atoms with van der Waals surface area (Å²) in [5.41, 5.74) is 1.19. The van der Waals surface area contributed by atoms with Crippen molar-refractivity contribution in [3.8, 4) is 0 Å². The molecule has 0 radical (unpaired) electrons. The van der Waals surface area contributed by atoms with Gasteiger partial charge in [0.25, 0.3) is 0 Å². The Kier molecular flexibility index (Phi) is 5.11. The highest BCUT2D eigenvalue weighted by Crippen LogP contribution is 1.92. The molecule has 0 saturated heterocycles. The topological polar surface area (TPSA) is 41.0 Å². The van der Waals surface area contributed by atoms with Crippen LogP contribution in [0, 0.1) is 0 Å². The average molecular weight is 194 g/mol. The van der Waals surface area contributed by atoms with Gasteiger partial charge < -0.3 is 10.2 Å². The molecule has 0 atom stereocenters. The van der Waals surface area contributed by atoms with Crippen LogP contribution in [0.1, 0.15) is 12.0 Å². The number of aromatic nitrogens is 2. The van der Waals surface area contributed by atoms with Crippen LogP contribution in [0.3, 0.4) is 0 Å². The molecule has 0 aliphatic rings. The first kappa shape index (κ1) is 11.1. The van der Waals surface area contributed by atoms with Crippen LogP contribution >= 0.6 is 0 Å². The van der Waals surface area contributed by atoms with Crippen molar-refractivity contribution >= 4 is 0 Å². The quantitative estimate of drug-likeness (QED) is 0.670. The Morgan fingerprint density at radius 3 is 2.86 bits per heavy atom. The maximum Gasteiger partial charge on any atom is 0.0541 e. The molecule has 0 saturated carbocycles. The lowest BCUT2D eigenvalue weighted by Crippen LogP contribution is -2.21. The molecule has 1 heterocycles. The first-order chi connectivity index (χ1) is 6.79. The van der Waals surface area contributed by atoms with Gasteiger partial charge in [-0.2, -0.15) is 10.2 Å². The molecule has 0 bridgehead atoms. The molecule has 0 unspecified atom stereocenters. The predicted octanol–water partition coefficient (Wildman–Crippen LogP) is 0.518. The summed E-state index contributed by atoms with van der Waals surface area (Å²) in [5.74, 6) is 0. The summed E-state index contributed by atoms with van der Waals surface area (Å²) in [6.07, 6.45) is 4.68. The Morgan fingerprint density at radius 1 is 1.36 bits per heavy atom. The third kappa shape index (κ3) is 4.89. The Balaban J connectivity index is 2.05. The van der Waals surface area contributed by atoms with Gasteiger partial charge in [0.15, 0.2) is 0 Å². The van der Waals surface area contributed by atoms with Gasteiger partial charge in [-0.1, -0.05) is 0 Å². The second kappa shape index (κ2) is 6.45. The van der Waals surface area contributed by atoms with Crippen molar-refractivity contribution in [2.75, 3.05) is 27.2 Å². The lowest BCUT2D eigenvalue weighted by molar-refractivity contribution is 0.394. The van der Waals surface area contributed by atoms with Crippen molar-refractivity contribution < 1.29 is 0 Å². The second-order valence-electron chi connectivity index (χ2n) is 3.58. The van der Waals surface area contributed by atoms with Crippen molar-refractivity contribution in [1.82, 2.24) is 20.4 Å². The molecule has 0 aliphatic heterocycles. The maximum absolute atomic E-state index is 3.81. The normalized spacial score (nSPS) is 10.8. The molecule has 1 rings (SSSR count). The summed E-state index contributed by atoms with van der Waals surface area (Å²) in [6.45, 7) is 3.05. The molecule has 4 nitrogen and oxygen atoms in total. The molecule has 0 aliphatic carbocycles. The van der Waals surface area contributed by atoms with Crippen molar-refractivity contribution in [3.05, 3.63) is 24.0 Å². The van der Waals surface area contributed by atoms with E-state index in [0.717, 1.165) is 19.6 Å². The zero-order valence-electron chi connectivity index (χ0n) is 8.90. The van der Waals surface area contributed by atoms with Crippen LogP contribution in [0.2, 0.25) is 0 Å². The Bertz CT molecular complexity index is 235. The summed E-state index contributed by atoms with van der Waals surface area (Å²) in [6, 6.07) is 1.98. The molecule has 4 heteroatoms. The molecule has 0 amide bonds. The third-order valence-corrected chi connectivity index (χ3v) is 1.93. The van der Waals surface area contributed by atoms with E-state index in [1.54, 1.807) is 12.4 Å². The third-order valence-electron chi connectivity index (χ3n) is 1.93. The van der Waals surface area contributed by atoms with Gasteiger partial charge in [-0.05, 0) is 45.2 Å². The first-order valence-corrected chi connectivity index (χ1v) is 4.90. The van der Waals surface area contributed by atoms with E-state index in [2.05, 4.69) is 34.5 Å². The van der Waals surface area contributed by atoms with Crippen molar-refractivity contribution in [3.63, 3.8) is 0 Å². The Hall–Kier alpha value is -1.00. The van der Waals surface area contributed by atoms with Gasteiger partial charge in [0.2, 0.25) is 0 Å². The fourth-order valence-electron chi connectivity index (χ4n) is 1.18. The Morgan fingerprint density at radius 2 is 2.21 bits per heavy atom. The summed E-state index contributed by atoms with van der Waals surface area (Å²) in [7, 11) is 4.18. The van der Waals surface area contributed by atoms with Crippen LogP contribution in [0.25, 0.3) is 0 Å². The van der Waals surface area contributed by atoms with E-state index in [1.165, 1.54) is 12.0 Å². The molecule has 1 N–H and O–H groups in total. The zero-order valence-corrected chi connectivity index (χ0v) is 8.90. The van der Waals surface area contributed by atoms with Gasteiger partial charge in [-0.3, -0.25) is 0 Å². The molecule has 78 valence electrons. The largest absolute Gasteiger partial charge is 0.313 e. The van der Waals surface area contributed by atoms with Crippen molar-refractivity contribution in [2.45, 2.75) is 13.0 Å². The van der Waals surface area contributed by atoms with E-state index in [-0.39, 0.29) is 0 Å². The van der Waals surface area contributed by atoms with Crippen LogP contribution in [0.5, 0.6) is 0 Å². The minimum absolute atomic E-state index is 0.878. The number of nitrogens with zero attached hydrogens (tertiary/aromatic N) is 3. The lowest BCUT2D eigenvalue weighted by atomic mass is 10.3. The fourth-order valence-corrected chi connectivity index (χ4v) is 1.18. The summed E-state index contributed by atoms with van der Waals surface area (Å²) >= 11 is 0. The van der Waals surface area contributed by atoms with Crippen LogP contribution in [-0.4, -0.2) is 42.3 Å². The Labute approximate surface area is 85.3 Å². The SMILES string of the molecule is CN(C)CCCNCc1ccnnc1. The molecular formula is C10H18N4. The lowest BCUT2D eigenvalue weighted by Gasteiger charge is -2.09. The summed E-state index contributed by atoms with van der Waals surface area (Å²) in [5, 5.41) is 10.9. The molecule has 1 aromatic rings. The number of nitrogens with one attached hydrogen (secondary N) is 1. The second-order valence-corrected chi connectivity index (χ2v) is 3.58. The van der Waals surface area contributed by atoms with Gasteiger partial charge in [-0.15, -0.1) is 0 Å². The standard InChI is InChI=1S/C10H18N4/c1-14(2)7-3-5-11-8-10-4-6-12-13-9-10/h4,6,9,11H,3,5,7-8H2,1-2H3. The van der Waals surface area contributed by atoms with E-state index in [1.807, 2.05) is 6.07 Å². The zero-order chi connectivity index (χ0) is 10.2. The van der Waals surface area contributed by atoms with Crippen LogP contribution in [0.4, 0.5) is 0 Å². The van der Waals surface area contributed by atoms with Crippen molar-refractivity contribution in [1.29, 1.82) is 0 Å². The average Bonchev–Trinajstić information content (AvgIpc) is 2.18. The molecule has 0 fully saturated rings. The van der Waals surface area contributed by atoms with E-state index in [9.17, 15) is 0 Å². The highest BCUT2D eigenvalue weighted by Gasteiger charge is 1.92. The van der Waals surface area contributed by atoms with Crippen LogP contribution in [-0.2, 0) is 6.54 Å². The maximum atomic E-state index is 3.81. The van der Waals surface area contributed by atoms with E-state index in [0.29, 0.717) is 0 Å². The van der Waals surface area contributed by atoms with Gasteiger partial charge in [0, 0.05) is 12.7 Å². The van der Waals surface area contributed by atoms with Gasteiger partial charge >= 0.3 is 0 Å². The van der Waals surface area contributed by atoms with E-state index < -0.39 is 0 Å². The number of hydrogen-bond acceptors (Lipinski definition) is 4. The summed E-state index contributed by atoms with van der Waals surface area (Å²) in [4.78, 5) is 2.19. The molecule has 0 aromatic carbocycles. The van der Waals surface area contributed by atoms with Gasteiger partial charge in [0.05, 0.1) is 6.20 Å². The predicted molar refractivity (Wildman–Crippen MR) is 56.9 cm³/mol. The highest BCUT2D eigenvalue weighted by molar-refractivity contribution is 5.04.